The third kappa shape index (κ3) is 46.4. The molecule has 0 amide bonds. The van der Waals surface area contributed by atoms with Crippen molar-refractivity contribution < 1.29 is 99.7 Å². The Balaban J connectivity index is 0. The molecule has 52 heavy (non-hydrogen) atoms. The smallest absolute Gasteiger partial charge is 0 e. The van der Waals surface area contributed by atoms with E-state index < -0.39 is 0 Å². The van der Waals surface area contributed by atoms with E-state index in [-0.39, 0.29) is 80.8 Å². The quantitative estimate of drug-likeness (QED) is 0.258. The van der Waals surface area contributed by atoms with Crippen LogP contribution in [-0.4, -0.2) is 84.9 Å². The van der Waals surface area contributed by atoms with Crippen LogP contribution in [0.4, 0.5) is 0 Å². The molecule has 2 aliphatic carbocycles. The van der Waals surface area contributed by atoms with E-state index in [4.69, 9.17) is 18.9 Å². The fourth-order valence-electron chi connectivity index (χ4n) is 3.91. The van der Waals surface area contributed by atoms with E-state index in [1.165, 1.54) is 60.3 Å². The molecule has 6 fully saturated rings. The van der Waals surface area contributed by atoms with Crippen LogP contribution in [0.3, 0.4) is 0 Å². The summed E-state index contributed by atoms with van der Waals surface area (Å²) in [6.07, 6.45) is 42.2. The van der Waals surface area contributed by atoms with E-state index in [2.05, 4.69) is 32.0 Å². The maximum absolute atomic E-state index is 4.94. The van der Waals surface area contributed by atoms with E-state index in [1.807, 2.05) is 163 Å². The molecule has 8 heteroatoms. The van der Waals surface area contributed by atoms with E-state index >= 15 is 0 Å². The second-order valence-electron chi connectivity index (χ2n) is 11.0. The first-order chi connectivity index (χ1) is 24.8. The Bertz CT molecular complexity index is 710. The minimum atomic E-state index is 0. The van der Waals surface area contributed by atoms with Crippen molar-refractivity contribution in [3.63, 3.8) is 0 Å². The number of ether oxygens (including phenoxy) is 4. The van der Waals surface area contributed by atoms with Gasteiger partial charge in [0.25, 0.3) is 0 Å². The van der Waals surface area contributed by atoms with Crippen LogP contribution in [0.15, 0.2) is 60.7 Å². The Kier molecular flexibility index (Phi) is 53.0. The zero-order chi connectivity index (χ0) is 35.7. The molecule has 2 aromatic carbocycles. The zero-order valence-electron chi connectivity index (χ0n) is 30.6. The molecule has 0 N–H and O–H groups in total. The molecule has 282 valence electrons. The van der Waals surface area contributed by atoms with Crippen LogP contribution >= 0.6 is 0 Å². The van der Waals surface area contributed by atoms with E-state index in [9.17, 15) is 0 Å². The van der Waals surface area contributed by atoms with Gasteiger partial charge in [0, 0.05) is 134 Å². The molecular formula is C44H58O4Se2Sm2. The molecule has 4 nitrogen and oxygen atoms in total. The fourth-order valence-corrected chi connectivity index (χ4v) is 4.57. The van der Waals surface area contributed by atoms with Crippen molar-refractivity contribution in [1.82, 2.24) is 0 Å². The molecule has 2 aromatic rings. The van der Waals surface area contributed by atoms with Gasteiger partial charge in [0.2, 0.25) is 0 Å². The maximum atomic E-state index is 4.94. The minimum absolute atomic E-state index is 0. The second-order valence-corrected chi connectivity index (χ2v) is 13.0. The van der Waals surface area contributed by atoms with E-state index in [0.717, 1.165) is 52.9 Å². The van der Waals surface area contributed by atoms with Gasteiger partial charge in [-0.3, -0.25) is 0 Å². The van der Waals surface area contributed by atoms with Gasteiger partial charge in [-0.15, -0.1) is 0 Å². The van der Waals surface area contributed by atoms with Crippen molar-refractivity contribution in [1.29, 1.82) is 0 Å². The predicted octanol–water partition coefficient (Wildman–Crippen LogP) is 7.42. The van der Waals surface area contributed by atoms with Crippen LogP contribution in [0.2, 0.25) is 0 Å². The summed E-state index contributed by atoms with van der Waals surface area (Å²) < 4.78 is 22.2. The molecule has 4 aliphatic heterocycles. The van der Waals surface area contributed by atoms with Crippen molar-refractivity contribution >= 4 is 40.9 Å². The van der Waals surface area contributed by atoms with E-state index in [0.29, 0.717) is 0 Å². The third-order valence-electron chi connectivity index (χ3n) is 6.57. The van der Waals surface area contributed by atoms with E-state index in [1.54, 1.807) is 0 Å². The van der Waals surface area contributed by atoms with Gasteiger partial charge in [-0.2, -0.15) is 0 Å². The Hall–Kier alpha value is 1.99. The van der Waals surface area contributed by atoms with Crippen molar-refractivity contribution in [3.05, 3.63) is 163 Å². The van der Waals surface area contributed by atoms with Crippen molar-refractivity contribution in [2.45, 2.75) is 51.4 Å². The van der Waals surface area contributed by atoms with Crippen LogP contribution in [0, 0.1) is 184 Å². The summed E-state index contributed by atoms with van der Waals surface area (Å²) in [6.45, 7) is 8.00. The standard InChI is InChI=1S/2C8H8.2C6H5Se.4C4H8O.2Sm/c2*1-2-4-6-8-7-5-3-1;2*7-6-4-2-1-3-5-6;4*1-2-4-5-3-1;;/h2*1-8H;2*1-5H;4*1-4H2;;. The van der Waals surface area contributed by atoms with Gasteiger partial charge in [-0.1, -0.05) is 0 Å². The van der Waals surface area contributed by atoms with Gasteiger partial charge in [0.15, 0.2) is 0 Å². The summed E-state index contributed by atoms with van der Waals surface area (Å²) in [4.78, 5) is 0. The summed E-state index contributed by atoms with van der Waals surface area (Å²) in [5, 5.41) is 0. The molecule has 2 saturated carbocycles. The van der Waals surface area contributed by atoms with Crippen LogP contribution < -0.4 is 8.92 Å². The van der Waals surface area contributed by atoms with Gasteiger partial charge in [-0.05, 0) is 154 Å². The number of hydrogen-bond acceptors (Lipinski definition) is 4. The van der Waals surface area contributed by atoms with Gasteiger partial charge in [0.1, 0.15) is 0 Å². The average molecular weight is 1110 g/mol. The first kappa shape index (κ1) is 56.1. The number of rotatable bonds is 0. The topological polar surface area (TPSA) is 36.9 Å². The summed E-state index contributed by atoms with van der Waals surface area (Å²) in [5.74, 6) is 0. The summed E-state index contributed by atoms with van der Waals surface area (Å²) in [6, 6.07) is 20.1. The van der Waals surface area contributed by atoms with Gasteiger partial charge in [-0.25, -0.2) is 0 Å². The Labute approximate surface area is 403 Å². The van der Waals surface area contributed by atoms with Crippen molar-refractivity contribution in [2.75, 3.05) is 52.9 Å². The van der Waals surface area contributed by atoms with Crippen molar-refractivity contribution in [2.24, 2.45) is 0 Å². The SMILES string of the molecule is C1CCOC1.C1CCOC1.C1CCOC1.C1CCOC1.[CH]1[CH][CH][CH][CH][CH][CH][CH]1.[CH]1[CH][CH][CH][CH][CH][CH][CH]1.[Se]c1ccccc1.[Se]c1ccccc1.[Sm].[Sm]. The molecule has 18 radical (unpaired) electrons. The number of hydrogen-bond donors (Lipinski definition) is 0. The molecule has 0 aromatic heterocycles. The van der Waals surface area contributed by atoms with Crippen LogP contribution in [0.25, 0.3) is 0 Å². The molecule has 4 heterocycles. The molecular weight excluding hydrogens is 1050 g/mol. The predicted molar refractivity (Wildman–Crippen MR) is 213 cm³/mol. The average Bonchev–Trinajstić information content (AvgIpc) is 3.98. The first-order valence-electron chi connectivity index (χ1n) is 17.9. The fraction of sp³-hybridized carbons (Fsp3) is 0.364. The molecule has 0 unspecified atom stereocenters. The second kappa shape index (κ2) is 49.1. The summed E-state index contributed by atoms with van der Waals surface area (Å²) in [5.41, 5.74) is 0. The van der Waals surface area contributed by atoms with Crippen molar-refractivity contribution in [3.8, 4) is 0 Å². The largest absolute Gasteiger partial charge is 0 e. The molecule has 8 rings (SSSR count). The molecule has 6 aliphatic rings. The Morgan fingerprint density at radius 3 is 0.500 bits per heavy atom. The Morgan fingerprint density at radius 2 is 0.423 bits per heavy atom. The van der Waals surface area contributed by atoms with Gasteiger partial charge >= 0.3 is 102 Å². The van der Waals surface area contributed by atoms with Crippen LogP contribution in [0.1, 0.15) is 51.4 Å². The first-order valence-corrected chi connectivity index (χ1v) is 19.6. The van der Waals surface area contributed by atoms with Crippen LogP contribution in [-0.2, 0) is 18.9 Å². The minimum Gasteiger partial charge on any atom is 0 e. The monoisotopic (exact) mass is 1110 g/mol. The van der Waals surface area contributed by atoms with Crippen LogP contribution in [0.5, 0.6) is 0 Å². The molecule has 0 bridgehead atoms. The Morgan fingerprint density at radius 1 is 0.269 bits per heavy atom. The summed E-state index contributed by atoms with van der Waals surface area (Å²) >= 11 is 5.80. The van der Waals surface area contributed by atoms with Gasteiger partial charge < -0.3 is 18.9 Å². The van der Waals surface area contributed by atoms with Gasteiger partial charge in [0.05, 0.1) is 0 Å². The number of benzene rings is 2. The normalized spacial score (nSPS) is 18.9. The third-order valence-corrected chi connectivity index (χ3v) is 7.72. The molecule has 4 saturated heterocycles. The summed E-state index contributed by atoms with van der Waals surface area (Å²) in [7, 11) is 0. The molecule has 0 spiro atoms. The molecule has 0 atom stereocenters. The maximum Gasteiger partial charge on any atom is 0 e. The zero-order valence-corrected chi connectivity index (χ0v) is 39.3.